The lowest BCUT2D eigenvalue weighted by atomic mass is 9.97. The predicted molar refractivity (Wildman–Crippen MR) is 47.8 cm³/mol. The molecule has 0 aromatic rings. The van der Waals surface area contributed by atoms with Crippen molar-refractivity contribution >= 4 is 0 Å². The summed E-state index contributed by atoms with van der Waals surface area (Å²) < 4.78 is 0. The van der Waals surface area contributed by atoms with Crippen molar-refractivity contribution < 1.29 is 0 Å². The molecule has 0 aliphatic carbocycles. The first-order valence-corrected chi connectivity index (χ1v) is 4.25. The average Bonchev–Trinajstić information content (AvgIpc) is 1.99. The number of hydrogen-bond acceptors (Lipinski definition) is 0. The summed E-state index contributed by atoms with van der Waals surface area (Å²) in [5.74, 6) is 0.847. The minimum atomic E-state index is 0.847. The molecule has 1 atom stereocenters. The molecule has 0 saturated carbocycles. The van der Waals surface area contributed by atoms with Crippen molar-refractivity contribution in [3.8, 4) is 0 Å². The molecular weight excluding hydrogens is 120 g/mol. The molecule has 0 rings (SSSR count). The van der Waals surface area contributed by atoms with Gasteiger partial charge in [-0.1, -0.05) is 39.2 Å². The molecule has 0 N–H and O–H groups in total. The Morgan fingerprint density at radius 3 is 2.60 bits per heavy atom. The summed E-state index contributed by atoms with van der Waals surface area (Å²) in [6.07, 6.45) is 8.14. The summed E-state index contributed by atoms with van der Waals surface area (Å²) in [5, 5.41) is 0. The van der Waals surface area contributed by atoms with Gasteiger partial charge < -0.3 is 0 Å². The molecule has 0 aliphatic heterocycles. The van der Waals surface area contributed by atoms with Crippen LogP contribution < -0.4 is 0 Å². The lowest BCUT2D eigenvalue weighted by molar-refractivity contribution is 0.460. The highest BCUT2D eigenvalue weighted by atomic mass is 14.1. The zero-order valence-corrected chi connectivity index (χ0v) is 7.10. The Morgan fingerprint density at radius 1 is 1.50 bits per heavy atom. The molecule has 0 fully saturated rings. The second-order valence-corrected chi connectivity index (χ2v) is 2.78. The van der Waals surface area contributed by atoms with Crippen molar-refractivity contribution in [3.05, 3.63) is 19.6 Å². The van der Waals surface area contributed by atoms with E-state index in [-0.39, 0.29) is 0 Å². The van der Waals surface area contributed by atoms with Crippen LogP contribution in [0.5, 0.6) is 0 Å². The second-order valence-electron chi connectivity index (χ2n) is 2.78. The quantitative estimate of drug-likeness (QED) is 0.389. The number of unbranched alkanes of at least 4 members (excludes halogenated alkanes) is 1. The fraction of sp³-hybridized carbons (Fsp3) is 0.700. The van der Waals surface area contributed by atoms with Crippen LogP contribution >= 0.6 is 0 Å². The summed E-state index contributed by atoms with van der Waals surface area (Å²) in [4.78, 5) is 0. The zero-order valence-electron chi connectivity index (χ0n) is 7.10. The maximum absolute atomic E-state index is 3.91. The van der Waals surface area contributed by atoms with E-state index in [0.717, 1.165) is 18.8 Å². The summed E-state index contributed by atoms with van der Waals surface area (Å²) in [6, 6.07) is 0. The van der Waals surface area contributed by atoms with Crippen molar-refractivity contribution in [2.45, 2.75) is 39.0 Å². The Kier molecular flexibility index (Phi) is 6.68. The SMILES string of the molecule is [CH2]CC(CC)CCCC=C. The third-order valence-corrected chi connectivity index (χ3v) is 2.01. The highest BCUT2D eigenvalue weighted by Gasteiger charge is 2.00. The highest BCUT2D eigenvalue weighted by molar-refractivity contribution is 4.67. The van der Waals surface area contributed by atoms with Gasteiger partial charge in [0.2, 0.25) is 0 Å². The molecule has 0 spiro atoms. The van der Waals surface area contributed by atoms with E-state index in [9.17, 15) is 0 Å². The summed E-state index contributed by atoms with van der Waals surface area (Å²) in [5.41, 5.74) is 0. The van der Waals surface area contributed by atoms with Gasteiger partial charge in [0, 0.05) is 0 Å². The summed E-state index contributed by atoms with van der Waals surface area (Å²) >= 11 is 0. The molecule has 10 heavy (non-hydrogen) atoms. The van der Waals surface area contributed by atoms with Crippen LogP contribution in [-0.2, 0) is 0 Å². The first-order chi connectivity index (χ1) is 4.85. The monoisotopic (exact) mass is 139 g/mol. The van der Waals surface area contributed by atoms with Gasteiger partial charge in [0.25, 0.3) is 0 Å². The Bertz CT molecular complexity index is 70.1. The zero-order chi connectivity index (χ0) is 7.82. The largest absolute Gasteiger partial charge is 0.103 e. The minimum Gasteiger partial charge on any atom is -0.103 e. The minimum absolute atomic E-state index is 0.847. The fourth-order valence-electron chi connectivity index (χ4n) is 1.10. The van der Waals surface area contributed by atoms with Crippen molar-refractivity contribution in [2.75, 3.05) is 0 Å². The van der Waals surface area contributed by atoms with Crippen LogP contribution in [-0.4, -0.2) is 0 Å². The third kappa shape index (κ3) is 4.60. The first kappa shape index (κ1) is 9.74. The smallest absolute Gasteiger partial charge is 0.0353 e. The van der Waals surface area contributed by atoms with Crippen LogP contribution in [0.1, 0.15) is 39.0 Å². The molecule has 0 aliphatic rings. The van der Waals surface area contributed by atoms with Crippen LogP contribution in [0.2, 0.25) is 0 Å². The topological polar surface area (TPSA) is 0 Å². The fourth-order valence-corrected chi connectivity index (χ4v) is 1.10. The Morgan fingerprint density at radius 2 is 2.20 bits per heavy atom. The third-order valence-electron chi connectivity index (χ3n) is 2.01. The maximum atomic E-state index is 3.91. The van der Waals surface area contributed by atoms with E-state index in [4.69, 9.17) is 0 Å². The Balaban J connectivity index is 3.16. The molecular formula is C10H19. The second kappa shape index (κ2) is 6.85. The number of hydrogen-bond donors (Lipinski definition) is 0. The van der Waals surface area contributed by atoms with E-state index in [2.05, 4.69) is 20.4 Å². The van der Waals surface area contributed by atoms with E-state index in [1.165, 1.54) is 19.3 Å². The van der Waals surface area contributed by atoms with Crippen LogP contribution in [0, 0.1) is 12.8 Å². The predicted octanol–water partition coefficient (Wildman–Crippen LogP) is 3.59. The molecule has 0 heterocycles. The van der Waals surface area contributed by atoms with Gasteiger partial charge in [0.1, 0.15) is 0 Å². The van der Waals surface area contributed by atoms with Gasteiger partial charge >= 0.3 is 0 Å². The van der Waals surface area contributed by atoms with Crippen molar-refractivity contribution in [3.63, 3.8) is 0 Å². The van der Waals surface area contributed by atoms with Crippen LogP contribution in [0.15, 0.2) is 12.7 Å². The summed E-state index contributed by atoms with van der Waals surface area (Å²) in [6.45, 7) is 9.84. The highest BCUT2D eigenvalue weighted by Crippen LogP contribution is 2.15. The number of rotatable bonds is 6. The molecule has 0 bridgehead atoms. The van der Waals surface area contributed by atoms with E-state index in [1.807, 2.05) is 6.08 Å². The normalized spacial score (nSPS) is 10.3. The van der Waals surface area contributed by atoms with Crippen LogP contribution in [0.25, 0.3) is 0 Å². The van der Waals surface area contributed by atoms with Gasteiger partial charge in [0.05, 0.1) is 0 Å². The average molecular weight is 139 g/mol. The van der Waals surface area contributed by atoms with Crippen molar-refractivity contribution in [2.24, 2.45) is 5.92 Å². The summed E-state index contributed by atoms with van der Waals surface area (Å²) in [7, 11) is 0. The Labute approximate surface area is 65.3 Å². The first-order valence-electron chi connectivity index (χ1n) is 4.25. The van der Waals surface area contributed by atoms with Crippen molar-refractivity contribution in [1.82, 2.24) is 0 Å². The van der Waals surface area contributed by atoms with Gasteiger partial charge in [0.15, 0.2) is 0 Å². The lowest BCUT2D eigenvalue weighted by Gasteiger charge is -2.09. The van der Waals surface area contributed by atoms with E-state index < -0.39 is 0 Å². The molecule has 0 saturated heterocycles. The molecule has 0 amide bonds. The van der Waals surface area contributed by atoms with Crippen LogP contribution in [0.3, 0.4) is 0 Å². The molecule has 0 aromatic carbocycles. The van der Waals surface area contributed by atoms with Gasteiger partial charge in [-0.2, -0.15) is 0 Å². The van der Waals surface area contributed by atoms with Crippen molar-refractivity contribution in [1.29, 1.82) is 0 Å². The molecule has 0 nitrogen and oxygen atoms in total. The molecule has 0 heteroatoms. The number of allylic oxidation sites excluding steroid dienone is 1. The van der Waals surface area contributed by atoms with Crippen LogP contribution in [0.4, 0.5) is 0 Å². The van der Waals surface area contributed by atoms with Gasteiger partial charge in [-0.3, -0.25) is 0 Å². The molecule has 1 radical (unpaired) electrons. The van der Waals surface area contributed by atoms with E-state index in [1.54, 1.807) is 0 Å². The Hall–Kier alpha value is -0.260. The van der Waals surface area contributed by atoms with Gasteiger partial charge in [-0.05, 0) is 18.8 Å². The lowest BCUT2D eigenvalue weighted by Crippen LogP contribution is -1.95. The standard InChI is InChI=1S/C10H19/c1-4-7-8-9-10(5-2)6-3/h4,10H,1-2,5-9H2,3H3. The van der Waals surface area contributed by atoms with E-state index in [0.29, 0.717) is 0 Å². The molecule has 59 valence electrons. The van der Waals surface area contributed by atoms with Gasteiger partial charge in [-0.15, -0.1) is 6.58 Å². The maximum Gasteiger partial charge on any atom is -0.0353 e. The molecule has 1 unspecified atom stereocenters. The molecule has 0 aromatic heterocycles. The van der Waals surface area contributed by atoms with E-state index >= 15 is 0 Å². The van der Waals surface area contributed by atoms with Gasteiger partial charge in [-0.25, -0.2) is 0 Å².